The van der Waals surface area contributed by atoms with Crippen LogP contribution in [0.2, 0.25) is 0 Å². The molecule has 3 aromatic rings. The molecular formula is C17H14F3N5O2. The molecule has 0 aliphatic heterocycles. The molecule has 0 saturated carbocycles. The van der Waals surface area contributed by atoms with Crippen LogP contribution in [0.25, 0.3) is 10.9 Å². The molecule has 1 aromatic carbocycles. The van der Waals surface area contributed by atoms with Crippen LogP contribution in [0.1, 0.15) is 5.56 Å². The van der Waals surface area contributed by atoms with Crippen molar-refractivity contribution >= 4 is 28.1 Å². The third-order valence-electron chi connectivity index (χ3n) is 3.79. The Morgan fingerprint density at radius 2 is 1.70 bits per heavy atom. The Balaban J connectivity index is 1.72. The van der Waals surface area contributed by atoms with Gasteiger partial charge in [0.25, 0.3) is 0 Å². The fourth-order valence-electron chi connectivity index (χ4n) is 2.63. The first-order valence-electron chi connectivity index (χ1n) is 7.90. The molecule has 0 radical (unpaired) electrons. The van der Waals surface area contributed by atoms with Crippen molar-refractivity contribution in [3.05, 3.63) is 64.5 Å². The second kappa shape index (κ2) is 7.44. The van der Waals surface area contributed by atoms with E-state index in [2.05, 4.69) is 20.6 Å². The van der Waals surface area contributed by atoms with E-state index < -0.39 is 16.7 Å². The van der Waals surface area contributed by atoms with Gasteiger partial charge < -0.3 is 10.6 Å². The topological polar surface area (TPSA) is 93.0 Å². The van der Waals surface area contributed by atoms with Gasteiger partial charge in [-0.2, -0.15) is 13.2 Å². The number of nitrogens with zero attached hydrogens (tertiary/aromatic N) is 3. The van der Waals surface area contributed by atoms with Crippen molar-refractivity contribution in [2.75, 3.05) is 23.7 Å². The highest BCUT2D eigenvalue weighted by molar-refractivity contribution is 5.94. The van der Waals surface area contributed by atoms with Crippen molar-refractivity contribution < 1.29 is 18.1 Å². The van der Waals surface area contributed by atoms with Gasteiger partial charge in [-0.15, -0.1) is 0 Å². The molecule has 2 aromatic heterocycles. The lowest BCUT2D eigenvalue weighted by atomic mass is 10.1. The molecule has 2 heterocycles. The molecule has 0 fully saturated rings. The highest BCUT2D eigenvalue weighted by Gasteiger charge is 2.33. The number of hydrogen-bond acceptors (Lipinski definition) is 6. The molecule has 0 spiro atoms. The fourth-order valence-corrected chi connectivity index (χ4v) is 2.63. The van der Waals surface area contributed by atoms with E-state index in [1.807, 2.05) is 0 Å². The van der Waals surface area contributed by atoms with Crippen molar-refractivity contribution in [2.24, 2.45) is 0 Å². The molecule has 0 saturated heterocycles. The van der Waals surface area contributed by atoms with E-state index in [1.54, 1.807) is 18.2 Å². The molecule has 7 nitrogen and oxygen atoms in total. The predicted octanol–water partition coefficient (Wildman–Crippen LogP) is 4.08. The maximum atomic E-state index is 12.9. The fraction of sp³-hybridized carbons (Fsp3) is 0.176. The van der Waals surface area contributed by atoms with E-state index in [-0.39, 0.29) is 30.3 Å². The van der Waals surface area contributed by atoms with E-state index in [4.69, 9.17) is 0 Å². The molecule has 2 N–H and O–H groups in total. The van der Waals surface area contributed by atoms with E-state index in [0.717, 1.165) is 6.07 Å². The molecule has 0 atom stereocenters. The lowest BCUT2D eigenvalue weighted by Gasteiger charge is -2.14. The van der Waals surface area contributed by atoms with Crippen molar-refractivity contribution in [3.63, 3.8) is 0 Å². The number of rotatable bonds is 6. The Morgan fingerprint density at radius 3 is 2.44 bits per heavy atom. The molecule has 27 heavy (non-hydrogen) atoms. The van der Waals surface area contributed by atoms with Gasteiger partial charge >= 0.3 is 11.9 Å². The van der Waals surface area contributed by atoms with E-state index in [0.29, 0.717) is 10.9 Å². The maximum absolute atomic E-state index is 12.9. The molecule has 0 aliphatic rings. The average Bonchev–Trinajstić information content (AvgIpc) is 2.64. The van der Waals surface area contributed by atoms with Crippen LogP contribution in [0.3, 0.4) is 0 Å². The van der Waals surface area contributed by atoms with E-state index in [9.17, 15) is 23.3 Å². The Morgan fingerprint density at radius 1 is 1.00 bits per heavy atom. The quantitative estimate of drug-likeness (QED) is 0.382. The number of hydrogen-bond donors (Lipinski definition) is 2. The summed E-state index contributed by atoms with van der Waals surface area (Å²) < 4.78 is 38.8. The normalized spacial score (nSPS) is 11.4. The monoisotopic (exact) mass is 377 g/mol. The predicted molar refractivity (Wildman–Crippen MR) is 94.6 cm³/mol. The average molecular weight is 377 g/mol. The number of benzene rings is 1. The van der Waals surface area contributed by atoms with Crippen LogP contribution in [0.4, 0.5) is 30.4 Å². The van der Waals surface area contributed by atoms with Gasteiger partial charge in [-0.25, -0.2) is 4.98 Å². The lowest BCUT2D eigenvalue weighted by Crippen LogP contribution is -2.18. The number of pyridine rings is 2. The van der Waals surface area contributed by atoms with Crippen LogP contribution in [-0.2, 0) is 6.18 Å². The number of alkyl halides is 3. The third-order valence-corrected chi connectivity index (χ3v) is 3.79. The molecule has 3 rings (SSSR count). The third kappa shape index (κ3) is 4.05. The van der Waals surface area contributed by atoms with Gasteiger partial charge in [0.1, 0.15) is 11.5 Å². The minimum atomic E-state index is -4.52. The van der Waals surface area contributed by atoms with Gasteiger partial charge in [-0.05, 0) is 36.4 Å². The zero-order valence-electron chi connectivity index (χ0n) is 13.8. The minimum absolute atomic E-state index is 0.0856. The van der Waals surface area contributed by atoms with Crippen molar-refractivity contribution in [3.8, 4) is 0 Å². The Kier molecular flexibility index (Phi) is 5.06. The van der Waals surface area contributed by atoms with Gasteiger partial charge in [0.2, 0.25) is 0 Å². The molecule has 0 aliphatic carbocycles. The summed E-state index contributed by atoms with van der Waals surface area (Å²) in [6.45, 7) is 0.239. The molecular weight excluding hydrogens is 363 g/mol. The second-order valence-corrected chi connectivity index (χ2v) is 5.54. The van der Waals surface area contributed by atoms with Crippen LogP contribution in [0.5, 0.6) is 0 Å². The van der Waals surface area contributed by atoms with E-state index >= 15 is 0 Å². The first-order valence-corrected chi connectivity index (χ1v) is 7.90. The Hall–Kier alpha value is -3.43. The summed E-state index contributed by atoms with van der Waals surface area (Å²) in [5.41, 5.74) is -0.252. The number of nitro groups is 1. The summed E-state index contributed by atoms with van der Waals surface area (Å²) in [5.74, 6) is -0.288. The number of nitro benzene ring substituents is 1. The van der Waals surface area contributed by atoms with Crippen LogP contribution in [0.15, 0.2) is 48.8 Å². The smallest absolute Gasteiger partial charge is 0.378 e. The van der Waals surface area contributed by atoms with Gasteiger partial charge in [0.05, 0.1) is 21.4 Å². The van der Waals surface area contributed by atoms with Gasteiger partial charge in [0.15, 0.2) is 0 Å². The first-order chi connectivity index (χ1) is 12.9. The summed E-state index contributed by atoms with van der Waals surface area (Å²) in [6, 6.07) is 8.49. The number of halogens is 3. The number of fused-ring (bicyclic) bond motifs is 1. The highest BCUT2D eigenvalue weighted by Crippen LogP contribution is 2.34. The van der Waals surface area contributed by atoms with Crippen LogP contribution in [0, 0.1) is 10.1 Å². The molecule has 0 amide bonds. The molecule has 10 heteroatoms. The van der Waals surface area contributed by atoms with Gasteiger partial charge in [-0.1, -0.05) is 0 Å². The van der Waals surface area contributed by atoms with Crippen molar-refractivity contribution in [1.29, 1.82) is 0 Å². The Labute approximate surface area is 151 Å². The lowest BCUT2D eigenvalue weighted by molar-refractivity contribution is -0.382. The SMILES string of the molecule is O=[N+]([O-])c1c(NCCNc2ncccc2C(F)(F)F)ccc2ncccc12. The molecule has 140 valence electrons. The van der Waals surface area contributed by atoms with Crippen LogP contribution in [-0.4, -0.2) is 28.0 Å². The van der Waals surface area contributed by atoms with Crippen molar-refractivity contribution in [2.45, 2.75) is 6.18 Å². The highest BCUT2D eigenvalue weighted by atomic mass is 19.4. The van der Waals surface area contributed by atoms with Gasteiger partial charge in [0, 0.05) is 25.5 Å². The summed E-state index contributed by atoms with van der Waals surface area (Å²) in [4.78, 5) is 18.7. The largest absolute Gasteiger partial charge is 0.419 e. The summed E-state index contributed by atoms with van der Waals surface area (Å²) in [7, 11) is 0. The maximum Gasteiger partial charge on any atom is 0.419 e. The molecule has 0 bridgehead atoms. The number of nitrogens with one attached hydrogen (secondary N) is 2. The summed E-state index contributed by atoms with van der Waals surface area (Å²) in [6.07, 6.45) is -1.73. The zero-order chi connectivity index (χ0) is 19.4. The summed E-state index contributed by atoms with van der Waals surface area (Å²) in [5, 5.41) is 17.3. The minimum Gasteiger partial charge on any atom is -0.378 e. The standard InChI is InChI=1S/C17H14F3N5O2/c18-17(19,20)12-4-2-8-23-16(12)24-10-9-22-14-6-5-13-11(3-1-7-21-13)15(14)25(26)27/h1-8,22H,9-10H2,(H,23,24). The summed E-state index contributed by atoms with van der Waals surface area (Å²) >= 11 is 0. The van der Waals surface area contributed by atoms with Crippen LogP contribution >= 0.6 is 0 Å². The zero-order valence-corrected chi connectivity index (χ0v) is 13.8. The number of aromatic nitrogens is 2. The van der Waals surface area contributed by atoms with Crippen LogP contribution < -0.4 is 10.6 Å². The van der Waals surface area contributed by atoms with E-state index in [1.165, 1.54) is 24.5 Å². The number of anilines is 2. The molecule has 0 unspecified atom stereocenters. The van der Waals surface area contributed by atoms with Gasteiger partial charge in [-0.3, -0.25) is 15.1 Å². The second-order valence-electron chi connectivity index (χ2n) is 5.54. The van der Waals surface area contributed by atoms with Crippen molar-refractivity contribution in [1.82, 2.24) is 9.97 Å². The Bertz CT molecular complexity index is 978. The first kappa shape index (κ1) is 18.4.